The van der Waals surface area contributed by atoms with Gasteiger partial charge in [-0.25, -0.2) is 8.42 Å². The van der Waals surface area contributed by atoms with Crippen LogP contribution in [0.25, 0.3) is 0 Å². The molecule has 3 atom stereocenters. The van der Waals surface area contributed by atoms with E-state index in [-0.39, 0.29) is 12.8 Å². The van der Waals surface area contributed by atoms with Gasteiger partial charge in [0.25, 0.3) is 0 Å². The summed E-state index contributed by atoms with van der Waals surface area (Å²) in [7, 11) is -3.58. The molecule has 0 bridgehead atoms. The quantitative estimate of drug-likeness (QED) is 0.155. The van der Waals surface area contributed by atoms with E-state index < -0.39 is 81.8 Å². The summed E-state index contributed by atoms with van der Waals surface area (Å²) in [6, 6.07) is 4.24. The smallest absolute Gasteiger partial charge is 0.308 e. The van der Waals surface area contributed by atoms with Gasteiger partial charge >= 0.3 is 11.9 Å². The highest BCUT2D eigenvalue weighted by Crippen LogP contribution is 2.15. The molecule has 0 aliphatic carbocycles. The Morgan fingerprint density at radius 1 is 0.841 bits per heavy atom. The highest BCUT2D eigenvalue weighted by Gasteiger charge is 2.30. The van der Waals surface area contributed by atoms with Crippen molar-refractivity contribution < 1.29 is 46.7 Å². The Labute approximate surface area is 257 Å². The lowest BCUT2D eigenvalue weighted by Crippen LogP contribution is -2.50. The summed E-state index contributed by atoms with van der Waals surface area (Å²) in [5, 5.41) is 10.4. The minimum absolute atomic E-state index is 0.239. The molecule has 0 aromatic heterocycles. The molecule has 4 N–H and O–H groups in total. The third kappa shape index (κ3) is 16.4. The Morgan fingerprint density at radius 3 is 1.89 bits per heavy atom. The number of hydrogen-bond donors (Lipinski definition) is 4. The van der Waals surface area contributed by atoms with E-state index in [1.54, 1.807) is 71.9 Å². The molecule has 1 rings (SSSR count). The van der Waals surface area contributed by atoms with Crippen LogP contribution in [-0.2, 0) is 48.1 Å². The molecule has 0 aliphatic heterocycles. The van der Waals surface area contributed by atoms with Crippen LogP contribution in [0.3, 0.4) is 0 Å². The lowest BCUT2D eigenvalue weighted by Gasteiger charge is -2.24. The van der Waals surface area contributed by atoms with Crippen LogP contribution in [-0.4, -0.2) is 80.6 Å². The molecule has 0 saturated carbocycles. The maximum Gasteiger partial charge on any atom is 0.308 e. The molecule has 0 spiro atoms. The van der Waals surface area contributed by atoms with Gasteiger partial charge in [-0.2, -0.15) is 0 Å². The fourth-order valence-corrected chi connectivity index (χ4v) is 4.02. The average Bonchev–Trinajstić information content (AvgIpc) is 2.86. The van der Waals surface area contributed by atoms with E-state index in [1.807, 2.05) is 0 Å². The first-order chi connectivity index (χ1) is 20.2. The largest absolute Gasteiger partial charge is 0.460 e. The standard InChI is InChI=1S/C29H42N4O10S/c1-28(2,3)42-23(36)15-20(13-14-44(7,40)41)32-22(35)17-30-27(39)25(19-11-9-8-10-12-19)33-26(38)21(31-18-34)16-24(37)43-29(4,5)6/h8-14,18,20-21,25H,15-17H2,1-7H3,(H,30,39)(H,31,34)(H,32,35)(H,33,38)/b14-13+/t20?,21-,25?/m0/s1. The van der Waals surface area contributed by atoms with Gasteiger partial charge < -0.3 is 30.7 Å². The monoisotopic (exact) mass is 638 g/mol. The zero-order valence-electron chi connectivity index (χ0n) is 26.0. The van der Waals surface area contributed by atoms with Crippen molar-refractivity contribution in [2.24, 2.45) is 0 Å². The van der Waals surface area contributed by atoms with Crippen LogP contribution < -0.4 is 21.3 Å². The van der Waals surface area contributed by atoms with Gasteiger partial charge in [-0.3, -0.25) is 28.8 Å². The number of amides is 4. The molecule has 0 saturated heterocycles. The molecule has 2 unspecified atom stereocenters. The summed E-state index contributed by atoms with van der Waals surface area (Å²) in [5.74, 6) is -3.89. The predicted octanol–water partition coefficient (Wildman–Crippen LogP) is 0.581. The molecule has 15 heteroatoms. The van der Waals surface area contributed by atoms with Crippen LogP contribution >= 0.6 is 0 Å². The van der Waals surface area contributed by atoms with Crippen LogP contribution in [0.4, 0.5) is 0 Å². The van der Waals surface area contributed by atoms with Crippen molar-refractivity contribution >= 4 is 45.9 Å². The first kappa shape index (κ1) is 37.8. The molecular formula is C29H42N4O10S. The summed E-state index contributed by atoms with van der Waals surface area (Å²) in [4.78, 5) is 74.7. The number of carbonyl (C=O) groups is 6. The molecule has 244 valence electrons. The number of esters is 2. The van der Waals surface area contributed by atoms with Crippen LogP contribution in [0.1, 0.15) is 66.0 Å². The van der Waals surface area contributed by atoms with Gasteiger partial charge in [-0.15, -0.1) is 0 Å². The van der Waals surface area contributed by atoms with E-state index in [0.29, 0.717) is 5.56 Å². The number of hydrogen-bond acceptors (Lipinski definition) is 10. The van der Waals surface area contributed by atoms with Crippen molar-refractivity contribution in [2.45, 2.75) is 83.7 Å². The molecule has 0 radical (unpaired) electrons. The Kier molecular flexibility index (Phi) is 14.2. The first-order valence-electron chi connectivity index (χ1n) is 13.6. The number of carbonyl (C=O) groups excluding carboxylic acids is 6. The zero-order valence-corrected chi connectivity index (χ0v) is 26.8. The number of ether oxygens (including phenoxy) is 2. The Balaban J connectivity index is 3.05. The van der Waals surface area contributed by atoms with Gasteiger partial charge in [-0.1, -0.05) is 36.4 Å². The fourth-order valence-electron chi connectivity index (χ4n) is 3.54. The topological polar surface area (TPSA) is 203 Å². The van der Waals surface area contributed by atoms with Gasteiger partial charge in [0.1, 0.15) is 23.3 Å². The molecule has 0 fully saturated rings. The summed E-state index contributed by atoms with van der Waals surface area (Å²) >= 11 is 0. The first-order valence-corrected chi connectivity index (χ1v) is 15.6. The van der Waals surface area contributed by atoms with Crippen molar-refractivity contribution in [3.05, 3.63) is 47.4 Å². The number of sulfone groups is 1. The number of benzene rings is 1. The zero-order chi connectivity index (χ0) is 33.7. The van der Waals surface area contributed by atoms with Gasteiger partial charge in [0.05, 0.1) is 25.4 Å². The summed E-state index contributed by atoms with van der Waals surface area (Å²) in [5.41, 5.74) is -1.32. The Bertz CT molecular complexity index is 1320. The van der Waals surface area contributed by atoms with E-state index in [2.05, 4.69) is 21.3 Å². The van der Waals surface area contributed by atoms with Gasteiger partial charge in [-0.05, 0) is 47.1 Å². The lowest BCUT2D eigenvalue weighted by molar-refractivity contribution is -0.157. The molecule has 0 heterocycles. The van der Waals surface area contributed by atoms with E-state index >= 15 is 0 Å². The van der Waals surface area contributed by atoms with Gasteiger partial charge in [0.2, 0.25) is 24.1 Å². The molecule has 0 aliphatic rings. The van der Waals surface area contributed by atoms with Crippen molar-refractivity contribution in [3.8, 4) is 0 Å². The highest BCUT2D eigenvalue weighted by atomic mass is 32.2. The molecular weight excluding hydrogens is 596 g/mol. The second-order valence-electron chi connectivity index (χ2n) is 11.8. The molecule has 1 aromatic rings. The van der Waals surface area contributed by atoms with E-state index in [9.17, 15) is 37.2 Å². The Morgan fingerprint density at radius 2 is 1.39 bits per heavy atom. The third-order valence-electron chi connectivity index (χ3n) is 5.19. The van der Waals surface area contributed by atoms with E-state index in [1.165, 1.54) is 0 Å². The van der Waals surface area contributed by atoms with Crippen molar-refractivity contribution in [3.63, 3.8) is 0 Å². The van der Waals surface area contributed by atoms with Crippen LogP contribution in [0.2, 0.25) is 0 Å². The molecule has 44 heavy (non-hydrogen) atoms. The summed E-state index contributed by atoms with van der Waals surface area (Å²) < 4.78 is 33.7. The van der Waals surface area contributed by atoms with Gasteiger partial charge in [0.15, 0.2) is 9.84 Å². The Hall–Kier alpha value is -4.27. The van der Waals surface area contributed by atoms with Crippen molar-refractivity contribution in [1.29, 1.82) is 0 Å². The second kappa shape index (κ2) is 16.5. The fraction of sp³-hybridized carbons (Fsp3) is 0.517. The lowest BCUT2D eigenvalue weighted by atomic mass is 10.0. The van der Waals surface area contributed by atoms with Crippen LogP contribution in [0.5, 0.6) is 0 Å². The second-order valence-corrected chi connectivity index (χ2v) is 13.8. The van der Waals surface area contributed by atoms with E-state index in [0.717, 1.165) is 17.7 Å². The maximum absolute atomic E-state index is 13.2. The highest BCUT2D eigenvalue weighted by molar-refractivity contribution is 7.93. The summed E-state index contributed by atoms with van der Waals surface area (Å²) in [6.45, 7) is 9.26. The van der Waals surface area contributed by atoms with Crippen molar-refractivity contribution in [1.82, 2.24) is 21.3 Å². The predicted molar refractivity (Wildman–Crippen MR) is 160 cm³/mol. The minimum Gasteiger partial charge on any atom is -0.460 e. The number of nitrogens with one attached hydrogen (secondary N) is 4. The number of rotatable bonds is 15. The SMILES string of the molecule is CC(C)(C)OC(=O)CC(/C=C/S(C)(=O)=O)NC(=O)CNC(=O)C(NC(=O)[C@H](CC(=O)OC(C)(C)C)NC=O)c1ccccc1. The molecule has 1 aromatic carbocycles. The molecule has 4 amide bonds. The average molecular weight is 639 g/mol. The maximum atomic E-state index is 13.2. The normalized spacial score (nSPS) is 14.0. The minimum atomic E-state index is -3.58. The third-order valence-corrected chi connectivity index (χ3v) is 5.84. The molecule has 14 nitrogen and oxygen atoms in total. The van der Waals surface area contributed by atoms with Gasteiger partial charge in [0, 0.05) is 11.7 Å². The van der Waals surface area contributed by atoms with E-state index in [4.69, 9.17) is 9.47 Å². The summed E-state index contributed by atoms with van der Waals surface area (Å²) in [6.07, 6.45) is 1.41. The van der Waals surface area contributed by atoms with Crippen LogP contribution in [0, 0.1) is 0 Å². The van der Waals surface area contributed by atoms with Crippen LogP contribution in [0.15, 0.2) is 41.8 Å². The van der Waals surface area contributed by atoms with Crippen molar-refractivity contribution in [2.75, 3.05) is 12.8 Å².